The molecule has 0 aromatic carbocycles. The molecule has 3 N–H and O–H groups in total. The quantitative estimate of drug-likeness (QED) is 0.676. The van der Waals surface area contributed by atoms with E-state index in [-0.39, 0.29) is 12.1 Å². The van der Waals surface area contributed by atoms with Crippen molar-refractivity contribution in [2.75, 3.05) is 16.0 Å². The Morgan fingerprint density at radius 3 is 2.60 bits per heavy atom. The van der Waals surface area contributed by atoms with Crippen LogP contribution in [0.5, 0.6) is 0 Å². The van der Waals surface area contributed by atoms with Crippen LogP contribution < -0.4 is 16.0 Å². The van der Waals surface area contributed by atoms with Crippen molar-refractivity contribution in [3.8, 4) is 11.3 Å². The third kappa shape index (κ3) is 4.22. The number of amides is 2. The van der Waals surface area contributed by atoms with E-state index in [0.29, 0.717) is 17.3 Å². The van der Waals surface area contributed by atoms with E-state index in [1.54, 1.807) is 35.8 Å². The fraction of sp³-hybridized carbons (Fsp3) is 0.318. The standard InChI is InChI=1S/C22H25N7O/c1-15-9-10-24-13-17(15)19-8-7-18(23)21(27-19)29(16-5-3-2-4-6-16)22(30)28-20-14-25-11-12-26-20/h7-14,16H,2-6,23H2,1H3,(H,26,28,30). The summed E-state index contributed by atoms with van der Waals surface area (Å²) in [6, 6.07) is 5.32. The minimum Gasteiger partial charge on any atom is -0.396 e. The van der Waals surface area contributed by atoms with Crippen LogP contribution in [0.3, 0.4) is 0 Å². The van der Waals surface area contributed by atoms with Gasteiger partial charge in [-0.1, -0.05) is 19.3 Å². The molecule has 0 spiro atoms. The zero-order valence-electron chi connectivity index (χ0n) is 17.0. The number of aryl methyl sites for hydroxylation is 1. The number of rotatable bonds is 4. The van der Waals surface area contributed by atoms with Gasteiger partial charge >= 0.3 is 6.03 Å². The molecule has 8 heteroatoms. The zero-order chi connectivity index (χ0) is 20.9. The molecular formula is C22H25N7O. The molecule has 0 atom stereocenters. The monoisotopic (exact) mass is 403 g/mol. The molecule has 0 saturated heterocycles. The van der Waals surface area contributed by atoms with Crippen LogP contribution in [0.25, 0.3) is 11.3 Å². The minimum absolute atomic E-state index is 0.0236. The Morgan fingerprint density at radius 2 is 1.87 bits per heavy atom. The molecule has 1 aliphatic carbocycles. The Bertz CT molecular complexity index is 1020. The van der Waals surface area contributed by atoms with Crippen molar-refractivity contribution in [3.05, 3.63) is 54.7 Å². The summed E-state index contributed by atoms with van der Waals surface area (Å²) in [5, 5.41) is 2.84. The SMILES string of the molecule is Cc1ccncc1-c1ccc(N)c(N(C(=O)Nc2cnccn2)C2CCCCC2)n1. The first kappa shape index (κ1) is 19.8. The molecule has 0 unspecified atom stereocenters. The van der Waals surface area contributed by atoms with Crippen molar-refractivity contribution >= 4 is 23.4 Å². The fourth-order valence-electron chi connectivity index (χ4n) is 3.84. The summed E-state index contributed by atoms with van der Waals surface area (Å²) in [4.78, 5) is 32.2. The third-order valence-corrected chi connectivity index (χ3v) is 5.41. The zero-order valence-corrected chi connectivity index (χ0v) is 17.0. The lowest BCUT2D eigenvalue weighted by atomic mass is 9.94. The Kier molecular flexibility index (Phi) is 5.83. The maximum absolute atomic E-state index is 13.3. The third-order valence-electron chi connectivity index (χ3n) is 5.41. The van der Waals surface area contributed by atoms with Crippen LogP contribution in [0.2, 0.25) is 0 Å². The van der Waals surface area contributed by atoms with Gasteiger partial charge in [-0.05, 0) is 43.5 Å². The fourth-order valence-corrected chi connectivity index (χ4v) is 3.84. The summed E-state index contributed by atoms with van der Waals surface area (Å²) in [5.41, 5.74) is 9.48. The predicted molar refractivity (Wildman–Crippen MR) is 117 cm³/mol. The van der Waals surface area contributed by atoms with Crippen LogP contribution >= 0.6 is 0 Å². The van der Waals surface area contributed by atoms with Crippen LogP contribution in [0.4, 0.5) is 22.1 Å². The van der Waals surface area contributed by atoms with E-state index >= 15 is 0 Å². The number of carbonyl (C=O) groups is 1. The van der Waals surface area contributed by atoms with E-state index in [9.17, 15) is 4.79 Å². The smallest absolute Gasteiger partial charge is 0.329 e. The van der Waals surface area contributed by atoms with Gasteiger partial charge in [0.05, 0.1) is 17.6 Å². The maximum atomic E-state index is 13.3. The van der Waals surface area contributed by atoms with Gasteiger partial charge in [-0.2, -0.15) is 0 Å². The lowest BCUT2D eigenvalue weighted by Crippen LogP contribution is -2.45. The maximum Gasteiger partial charge on any atom is 0.329 e. The molecule has 0 aliphatic heterocycles. The summed E-state index contributed by atoms with van der Waals surface area (Å²) in [6.07, 6.45) is 13.3. The molecule has 154 valence electrons. The van der Waals surface area contributed by atoms with Crippen molar-refractivity contribution in [1.82, 2.24) is 19.9 Å². The van der Waals surface area contributed by atoms with E-state index in [1.807, 2.05) is 19.1 Å². The van der Waals surface area contributed by atoms with Crippen molar-refractivity contribution < 1.29 is 4.79 Å². The number of aromatic nitrogens is 4. The molecule has 1 fully saturated rings. The van der Waals surface area contributed by atoms with Gasteiger partial charge in [0.25, 0.3) is 0 Å². The van der Waals surface area contributed by atoms with Crippen molar-refractivity contribution in [1.29, 1.82) is 0 Å². The van der Waals surface area contributed by atoms with Gasteiger partial charge in [0.2, 0.25) is 0 Å². The number of nitrogen functional groups attached to an aromatic ring is 1. The lowest BCUT2D eigenvalue weighted by molar-refractivity contribution is 0.252. The molecule has 3 heterocycles. The summed E-state index contributed by atoms with van der Waals surface area (Å²) in [5.74, 6) is 0.852. The Balaban J connectivity index is 1.73. The lowest BCUT2D eigenvalue weighted by Gasteiger charge is -2.34. The number of pyridine rings is 2. The van der Waals surface area contributed by atoms with Crippen LogP contribution in [0.1, 0.15) is 37.7 Å². The summed E-state index contributed by atoms with van der Waals surface area (Å²) in [7, 11) is 0. The normalized spacial score (nSPS) is 14.3. The highest BCUT2D eigenvalue weighted by Gasteiger charge is 2.30. The molecule has 30 heavy (non-hydrogen) atoms. The first-order valence-corrected chi connectivity index (χ1v) is 10.2. The van der Waals surface area contributed by atoms with Crippen molar-refractivity contribution in [2.24, 2.45) is 0 Å². The molecule has 1 saturated carbocycles. The summed E-state index contributed by atoms with van der Waals surface area (Å²) in [6.45, 7) is 2.01. The highest BCUT2D eigenvalue weighted by Crippen LogP contribution is 2.33. The van der Waals surface area contributed by atoms with E-state index in [1.165, 1.54) is 12.6 Å². The van der Waals surface area contributed by atoms with Gasteiger partial charge < -0.3 is 5.73 Å². The van der Waals surface area contributed by atoms with Crippen LogP contribution in [-0.2, 0) is 0 Å². The largest absolute Gasteiger partial charge is 0.396 e. The van der Waals surface area contributed by atoms with Gasteiger partial charge in [0.15, 0.2) is 11.6 Å². The van der Waals surface area contributed by atoms with Gasteiger partial charge in [-0.25, -0.2) is 14.8 Å². The average Bonchev–Trinajstić information content (AvgIpc) is 2.77. The average molecular weight is 403 g/mol. The second kappa shape index (κ2) is 8.86. The molecule has 4 rings (SSSR count). The molecule has 3 aromatic rings. The highest BCUT2D eigenvalue weighted by atomic mass is 16.2. The van der Waals surface area contributed by atoms with Crippen molar-refractivity contribution in [3.63, 3.8) is 0 Å². The second-order valence-electron chi connectivity index (χ2n) is 7.48. The molecular weight excluding hydrogens is 378 g/mol. The molecule has 0 bridgehead atoms. The number of urea groups is 1. The highest BCUT2D eigenvalue weighted by molar-refractivity contribution is 6.02. The topological polar surface area (TPSA) is 110 Å². The first-order chi connectivity index (χ1) is 14.6. The Morgan fingerprint density at radius 1 is 1.07 bits per heavy atom. The van der Waals surface area contributed by atoms with E-state index in [4.69, 9.17) is 10.7 Å². The number of hydrogen-bond donors (Lipinski definition) is 2. The molecule has 1 aliphatic rings. The minimum atomic E-state index is -0.304. The molecule has 2 amide bonds. The molecule has 8 nitrogen and oxygen atoms in total. The molecule has 0 radical (unpaired) electrons. The summed E-state index contributed by atoms with van der Waals surface area (Å²) >= 11 is 0. The van der Waals surface area contributed by atoms with Crippen LogP contribution in [-0.4, -0.2) is 32.0 Å². The van der Waals surface area contributed by atoms with Gasteiger partial charge in [0.1, 0.15) is 0 Å². The van der Waals surface area contributed by atoms with E-state index in [0.717, 1.165) is 42.5 Å². The van der Waals surface area contributed by atoms with Gasteiger partial charge in [-0.15, -0.1) is 0 Å². The number of nitrogens with one attached hydrogen (secondary N) is 1. The number of hydrogen-bond acceptors (Lipinski definition) is 6. The van der Waals surface area contributed by atoms with E-state index in [2.05, 4.69) is 20.3 Å². The summed E-state index contributed by atoms with van der Waals surface area (Å²) < 4.78 is 0. The van der Waals surface area contributed by atoms with Crippen LogP contribution in [0, 0.1) is 6.92 Å². The van der Waals surface area contributed by atoms with E-state index < -0.39 is 0 Å². The number of nitrogens with two attached hydrogens (primary N) is 1. The number of carbonyl (C=O) groups excluding carboxylic acids is 1. The second-order valence-corrected chi connectivity index (χ2v) is 7.48. The molecule has 3 aromatic heterocycles. The van der Waals surface area contributed by atoms with Gasteiger partial charge in [-0.3, -0.25) is 20.2 Å². The van der Waals surface area contributed by atoms with Gasteiger partial charge in [0, 0.05) is 36.4 Å². The Labute approximate surface area is 175 Å². The number of anilines is 3. The predicted octanol–water partition coefficient (Wildman–Crippen LogP) is 4.20. The van der Waals surface area contributed by atoms with Crippen LogP contribution in [0.15, 0.2) is 49.2 Å². The number of nitrogens with zero attached hydrogens (tertiary/aromatic N) is 5. The van der Waals surface area contributed by atoms with Crippen molar-refractivity contribution in [2.45, 2.75) is 45.1 Å². The Hall–Kier alpha value is -3.55. The first-order valence-electron chi connectivity index (χ1n) is 10.2.